The second-order valence-electron chi connectivity index (χ2n) is 2.44. The highest BCUT2D eigenvalue weighted by Gasteiger charge is 2.04. The highest BCUT2D eigenvalue weighted by molar-refractivity contribution is 5.34. The molecule has 0 spiro atoms. The summed E-state index contributed by atoms with van der Waals surface area (Å²) < 4.78 is 12.0. The van der Waals surface area contributed by atoms with Crippen LogP contribution >= 0.6 is 0 Å². The molecule has 0 aromatic heterocycles. The predicted molar refractivity (Wildman–Crippen MR) is 45.3 cm³/mol. The van der Waals surface area contributed by atoms with Crippen molar-refractivity contribution in [3.05, 3.63) is 35.4 Å². The van der Waals surface area contributed by atoms with Gasteiger partial charge in [0.15, 0.2) is 0 Å². The summed E-state index contributed by atoms with van der Waals surface area (Å²) in [6.45, 7) is -0.768. The molecule has 0 fully saturated rings. The summed E-state index contributed by atoms with van der Waals surface area (Å²) in [5.41, 5.74) is 1.28. The van der Waals surface area contributed by atoms with Gasteiger partial charge >= 0.3 is 0 Å². The molecule has 2 heteroatoms. The lowest BCUT2D eigenvalue weighted by Gasteiger charge is -2.05. The van der Waals surface area contributed by atoms with Gasteiger partial charge in [0.1, 0.15) is 12.8 Å². The van der Waals surface area contributed by atoms with Crippen LogP contribution in [0.1, 0.15) is 17.2 Å². The van der Waals surface area contributed by atoms with E-state index in [9.17, 15) is 4.39 Å². The van der Waals surface area contributed by atoms with Gasteiger partial charge in [-0.15, -0.1) is 6.42 Å². The van der Waals surface area contributed by atoms with Crippen LogP contribution in [0.4, 0.5) is 4.39 Å². The monoisotopic (exact) mass is 164 g/mol. The molecule has 0 aliphatic heterocycles. The Hall–Kier alpha value is -1.33. The van der Waals surface area contributed by atoms with Gasteiger partial charge in [-0.05, 0) is 17.7 Å². The highest BCUT2D eigenvalue weighted by atomic mass is 19.1. The van der Waals surface area contributed by atoms with Gasteiger partial charge in [0.05, 0.1) is 0 Å². The van der Waals surface area contributed by atoms with Gasteiger partial charge in [-0.2, -0.15) is 0 Å². The third-order valence-electron chi connectivity index (χ3n) is 1.61. The summed E-state index contributed by atoms with van der Waals surface area (Å²) in [7, 11) is 0. The molecule has 0 saturated carbocycles. The van der Waals surface area contributed by atoms with Crippen molar-refractivity contribution in [2.45, 2.75) is 6.10 Å². The van der Waals surface area contributed by atoms with Crippen molar-refractivity contribution in [2.24, 2.45) is 0 Å². The van der Waals surface area contributed by atoms with Gasteiger partial charge in [0.25, 0.3) is 0 Å². The molecule has 0 heterocycles. The quantitative estimate of drug-likeness (QED) is 0.659. The first-order chi connectivity index (χ1) is 5.77. The maximum absolute atomic E-state index is 12.0. The average Bonchev–Trinajstić information content (AvgIpc) is 2.17. The van der Waals surface area contributed by atoms with E-state index >= 15 is 0 Å². The number of aliphatic hydroxyl groups is 1. The molecule has 62 valence electrons. The lowest BCUT2D eigenvalue weighted by Crippen LogP contribution is -1.98. The van der Waals surface area contributed by atoms with E-state index in [1.807, 2.05) is 0 Å². The fourth-order valence-electron chi connectivity index (χ4n) is 0.891. The minimum atomic E-state index is -1.03. The number of benzene rings is 1. The first-order valence-corrected chi connectivity index (χ1v) is 3.58. The largest absolute Gasteiger partial charge is 0.386 e. The first kappa shape index (κ1) is 8.76. The Balaban J connectivity index is 2.86. The molecule has 0 radical (unpaired) electrons. The van der Waals surface area contributed by atoms with Crippen molar-refractivity contribution in [1.82, 2.24) is 0 Å². The Morgan fingerprint density at radius 2 is 2.00 bits per heavy atom. The smallest absolute Gasteiger partial charge is 0.119 e. The molecule has 0 aliphatic rings. The Kier molecular flexibility index (Phi) is 2.84. The van der Waals surface area contributed by atoms with E-state index < -0.39 is 12.8 Å². The number of hydrogen-bond donors (Lipinski definition) is 1. The van der Waals surface area contributed by atoms with E-state index in [1.165, 1.54) is 0 Å². The van der Waals surface area contributed by atoms with Crippen LogP contribution in [-0.4, -0.2) is 11.8 Å². The van der Waals surface area contributed by atoms with E-state index in [0.29, 0.717) is 5.56 Å². The molecule has 1 rings (SSSR count). The highest BCUT2D eigenvalue weighted by Crippen LogP contribution is 2.13. The van der Waals surface area contributed by atoms with Crippen molar-refractivity contribution in [3.63, 3.8) is 0 Å². The van der Waals surface area contributed by atoms with Crippen molar-refractivity contribution < 1.29 is 9.50 Å². The molecule has 1 atom stereocenters. The minimum absolute atomic E-state index is 0.552. The van der Waals surface area contributed by atoms with Gasteiger partial charge in [-0.1, -0.05) is 18.1 Å². The van der Waals surface area contributed by atoms with Gasteiger partial charge < -0.3 is 5.11 Å². The SMILES string of the molecule is C#Cc1ccc(C(O)CF)cc1. The summed E-state index contributed by atoms with van der Waals surface area (Å²) in [6.07, 6.45) is 4.09. The van der Waals surface area contributed by atoms with Gasteiger partial charge in [-0.25, -0.2) is 4.39 Å². The normalized spacial score (nSPS) is 12.1. The number of alkyl halides is 1. The molecule has 1 unspecified atom stereocenters. The van der Waals surface area contributed by atoms with Crippen LogP contribution in [0.25, 0.3) is 0 Å². The molecule has 0 amide bonds. The number of rotatable bonds is 2. The van der Waals surface area contributed by atoms with Crippen LogP contribution < -0.4 is 0 Å². The molecule has 1 aromatic carbocycles. The van der Waals surface area contributed by atoms with Crippen molar-refractivity contribution in [1.29, 1.82) is 0 Å². The lowest BCUT2D eigenvalue weighted by atomic mass is 10.1. The van der Waals surface area contributed by atoms with Crippen LogP contribution in [0.5, 0.6) is 0 Å². The van der Waals surface area contributed by atoms with Gasteiger partial charge in [0.2, 0.25) is 0 Å². The third-order valence-corrected chi connectivity index (χ3v) is 1.61. The van der Waals surface area contributed by atoms with Crippen LogP contribution in [0, 0.1) is 12.3 Å². The standard InChI is InChI=1S/C10H9FO/c1-2-8-3-5-9(6-4-8)10(12)7-11/h1,3-6,10,12H,7H2. The zero-order chi connectivity index (χ0) is 8.97. The minimum Gasteiger partial charge on any atom is -0.386 e. The van der Waals surface area contributed by atoms with E-state index in [-0.39, 0.29) is 0 Å². The molecule has 1 nitrogen and oxygen atoms in total. The first-order valence-electron chi connectivity index (χ1n) is 3.58. The Bertz CT molecular complexity index is 284. The fraction of sp³-hybridized carbons (Fsp3) is 0.200. The molecule has 12 heavy (non-hydrogen) atoms. The number of hydrogen-bond acceptors (Lipinski definition) is 1. The van der Waals surface area contributed by atoms with E-state index in [0.717, 1.165) is 5.56 Å². The molecule has 0 aliphatic carbocycles. The number of halogens is 1. The third kappa shape index (κ3) is 1.84. The summed E-state index contributed by atoms with van der Waals surface area (Å²) >= 11 is 0. The van der Waals surface area contributed by atoms with Crippen LogP contribution in [0.3, 0.4) is 0 Å². The fourth-order valence-corrected chi connectivity index (χ4v) is 0.891. The lowest BCUT2D eigenvalue weighted by molar-refractivity contribution is 0.142. The summed E-state index contributed by atoms with van der Waals surface area (Å²) in [6, 6.07) is 6.60. The number of aliphatic hydroxyl groups excluding tert-OH is 1. The molecular formula is C10H9FO. The Labute approximate surface area is 70.9 Å². The topological polar surface area (TPSA) is 20.2 Å². The van der Waals surface area contributed by atoms with Crippen LogP contribution in [0.15, 0.2) is 24.3 Å². The molecule has 1 aromatic rings. The molecule has 0 bridgehead atoms. The average molecular weight is 164 g/mol. The second kappa shape index (κ2) is 3.89. The Morgan fingerprint density at radius 1 is 1.42 bits per heavy atom. The maximum atomic E-state index is 12.0. The van der Waals surface area contributed by atoms with Gasteiger partial charge in [-0.3, -0.25) is 0 Å². The number of terminal acetylenes is 1. The van der Waals surface area contributed by atoms with Crippen molar-refractivity contribution >= 4 is 0 Å². The summed E-state index contributed by atoms with van der Waals surface area (Å²) in [5, 5.41) is 9.07. The zero-order valence-corrected chi connectivity index (χ0v) is 6.50. The molecule has 0 saturated heterocycles. The van der Waals surface area contributed by atoms with Gasteiger partial charge in [0, 0.05) is 5.56 Å². The maximum Gasteiger partial charge on any atom is 0.119 e. The van der Waals surface area contributed by atoms with Crippen LogP contribution in [0.2, 0.25) is 0 Å². The van der Waals surface area contributed by atoms with Crippen molar-refractivity contribution in [2.75, 3.05) is 6.67 Å². The predicted octanol–water partition coefficient (Wildman–Crippen LogP) is 1.67. The van der Waals surface area contributed by atoms with Crippen LogP contribution in [-0.2, 0) is 0 Å². The molecular weight excluding hydrogens is 155 g/mol. The Morgan fingerprint density at radius 3 is 2.42 bits per heavy atom. The van der Waals surface area contributed by atoms with E-state index in [1.54, 1.807) is 24.3 Å². The van der Waals surface area contributed by atoms with Crippen molar-refractivity contribution in [3.8, 4) is 12.3 Å². The molecule has 1 N–H and O–H groups in total. The zero-order valence-electron chi connectivity index (χ0n) is 6.50. The summed E-state index contributed by atoms with van der Waals surface area (Å²) in [5.74, 6) is 2.44. The summed E-state index contributed by atoms with van der Waals surface area (Å²) in [4.78, 5) is 0. The van der Waals surface area contributed by atoms with E-state index in [4.69, 9.17) is 11.5 Å². The second-order valence-corrected chi connectivity index (χ2v) is 2.44. The van der Waals surface area contributed by atoms with E-state index in [2.05, 4.69) is 5.92 Å².